The van der Waals surface area contributed by atoms with E-state index >= 15 is 0 Å². The topological polar surface area (TPSA) is 101 Å². The highest BCUT2D eigenvalue weighted by Gasteiger charge is 2.21. The number of benzene rings is 1. The molecule has 1 fully saturated rings. The predicted molar refractivity (Wildman–Crippen MR) is 90.5 cm³/mol. The number of nitrogens with two attached hydrogens (primary N) is 1. The summed E-state index contributed by atoms with van der Waals surface area (Å²) in [7, 11) is -2.18. The second-order valence-electron chi connectivity index (χ2n) is 6.07. The van der Waals surface area contributed by atoms with E-state index in [2.05, 4.69) is 10.0 Å². The molecule has 0 radical (unpaired) electrons. The lowest BCUT2D eigenvalue weighted by atomic mass is 9.85. The third-order valence-corrected chi connectivity index (χ3v) is 5.74. The Morgan fingerprint density at radius 1 is 1.30 bits per heavy atom. The molecular formula is C16H25N3O3S. The lowest BCUT2D eigenvalue weighted by Crippen LogP contribution is -2.37. The van der Waals surface area contributed by atoms with Crippen LogP contribution in [0.5, 0.6) is 0 Å². The van der Waals surface area contributed by atoms with Crippen molar-refractivity contribution in [2.75, 3.05) is 12.4 Å². The first kappa shape index (κ1) is 17.9. The lowest BCUT2D eigenvalue weighted by molar-refractivity contribution is -0.117. The van der Waals surface area contributed by atoms with Gasteiger partial charge in [0.25, 0.3) is 0 Å². The molecule has 23 heavy (non-hydrogen) atoms. The maximum Gasteiger partial charge on any atom is 0.241 e. The Balaban J connectivity index is 1.98. The quantitative estimate of drug-likeness (QED) is 0.736. The molecule has 7 heteroatoms. The number of carbonyl (C=O) groups is 1. The highest BCUT2D eigenvalue weighted by Crippen LogP contribution is 2.27. The fraction of sp³-hybridized carbons (Fsp3) is 0.562. The number of anilines is 1. The zero-order valence-corrected chi connectivity index (χ0v) is 14.2. The van der Waals surface area contributed by atoms with Crippen LogP contribution in [0.3, 0.4) is 0 Å². The summed E-state index contributed by atoms with van der Waals surface area (Å²) in [4.78, 5) is 12.3. The van der Waals surface area contributed by atoms with E-state index in [-0.39, 0.29) is 10.8 Å². The van der Waals surface area contributed by atoms with Gasteiger partial charge in [-0.05, 0) is 37.6 Å². The second-order valence-corrected chi connectivity index (χ2v) is 7.96. The number of nitrogens with one attached hydrogen (secondary N) is 2. The van der Waals surface area contributed by atoms with Crippen LogP contribution >= 0.6 is 0 Å². The van der Waals surface area contributed by atoms with Crippen molar-refractivity contribution >= 4 is 21.6 Å². The van der Waals surface area contributed by atoms with E-state index in [4.69, 9.17) is 5.73 Å². The molecule has 1 aliphatic carbocycles. The van der Waals surface area contributed by atoms with Crippen LogP contribution in [0.25, 0.3) is 0 Å². The van der Waals surface area contributed by atoms with Crippen LogP contribution in [0.1, 0.15) is 38.5 Å². The van der Waals surface area contributed by atoms with Gasteiger partial charge in [-0.2, -0.15) is 0 Å². The van der Waals surface area contributed by atoms with Gasteiger partial charge in [-0.1, -0.05) is 38.2 Å². The molecule has 128 valence electrons. The standard InChI is InChI=1S/C16H25N3O3S/c1-18-23(21,22)14-9-5-8-13(11-14)19-16(20)15(17)10-12-6-3-2-4-7-12/h5,8-9,11-12,15,18H,2-4,6-7,10,17H2,1H3,(H,19,20). The Labute approximate surface area is 137 Å². The van der Waals surface area contributed by atoms with Crippen LogP contribution in [0.2, 0.25) is 0 Å². The van der Waals surface area contributed by atoms with E-state index in [0.717, 1.165) is 12.8 Å². The van der Waals surface area contributed by atoms with Crippen molar-refractivity contribution in [1.82, 2.24) is 4.72 Å². The smallest absolute Gasteiger partial charge is 0.241 e. The molecule has 4 N–H and O–H groups in total. The van der Waals surface area contributed by atoms with E-state index in [1.54, 1.807) is 12.1 Å². The van der Waals surface area contributed by atoms with Crippen LogP contribution in [0.15, 0.2) is 29.2 Å². The van der Waals surface area contributed by atoms with Crippen molar-refractivity contribution in [3.8, 4) is 0 Å². The number of hydrogen-bond acceptors (Lipinski definition) is 4. The molecular weight excluding hydrogens is 314 g/mol. The van der Waals surface area contributed by atoms with Crippen molar-refractivity contribution in [2.45, 2.75) is 49.5 Å². The van der Waals surface area contributed by atoms with Gasteiger partial charge < -0.3 is 11.1 Å². The van der Waals surface area contributed by atoms with Crippen molar-refractivity contribution in [2.24, 2.45) is 11.7 Å². The van der Waals surface area contributed by atoms with E-state index in [0.29, 0.717) is 18.0 Å². The minimum absolute atomic E-state index is 0.110. The Kier molecular flexibility index (Phi) is 6.15. The van der Waals surface area contributed by atoms with Crippen LogP contribution < -0.4 is 15.8 Å². The SMILES string of the molecule is CNS(=O)(=O)c1cccc(NC(=O)C(N)CC2CCCCC2)c1. The highest BCUT2D eigenvalue weighted by molar-refractivity contribution is 7.89. The van der Waals surface area contributed by atoms with Gasteiger partial charge in [0, 0.05) is 5.69 Å². The number of carbonyl (C=O) groups excluding carboxylic acids is 1. The molecule has 0 spiro atoms. The number of rotatable bonds is 6. The molecule has 1 unspecified atom stereocenters. The van der Waals surface area contributed by atoms with Crippen LogP contribution in [-0.2, 0) is 14.8 Å². The zero-order chi connectivity index (χ0) is 16.9. The first-order chi connectivity index (χ1) is 10.9. The zero-order valence-electron chi connectivity index (χ0n) is 13.4. The molecule has 0 aliphatic heterocycles. The highest BCUT2D eigenvalue weighted by atomic mass is 32.2. The second kappa shape index (κ2) is 7.90. The molecule has 0 saturated heterocycles. The van der Waals surface area contributed by atoms with E-state index < -0.39 is 16.1 Å². The third kappa shape index (κ3) is 5.02. The summed E-state index contributed by atoms with van der Waals surface area (Å²) in [6.45, 7) is 0. The average molecular weight is 339 g/mol. The molecule has 0 heterocycles. The summed E-state index contributed by atoms with van der Waals surface area (Å²) in [5.41, 5.74) is 6.44. The average Bonchev–Trinajstić information content (AvgIpc) is 2.56. The van der Waals surface area contributed by atoms with Crippen molar-refractivity contribution in [1.29, 1.82) is 0 Å². The van der Waals surface area contributed by atoms with E-state index in [1.807, 2.05) is 0 Å². The Bertz CT molecular complexity index is 640. The van der Waals surface area contributed by atoms with Crippen molar-refractivity contribution < 1.29 is 13.2 Å². The van der Waals surface area contributed by atoms with Crippen LogP contribution in [-0.4, -0.2) is 27.4 Å². The Morgan fingerprint density at radius 3 is 2.65 bits per heavy atom. The maximum absolute atomic E-state index is 12.2. The van der Waals surface area contributed by atoms with Crippen molar-refractivity contribution in [3.63, 3.8) is 0 Å². The Morgan fingerprint density at radius 2 is 2.00 bits per heavy atom. The molecule has 1 aliphatic rings. The lowest BCUT2D eigenvalue weighted by Gasteiger charge is -2.24. The number of amides is 1. The first-order valence-corrected chi connectivity index (χ1v) is 9.51. The summed E-state index contributed by atoms with van der Waals surface area (Å²) in [5, 5.41) is 2.71. The monoisotopic (exact) mass is 339 g/mol. The molecule has 6 nitrogen and oxygen atoms in total. The van der Waals surface area contributed by atoms with Crippen LogP contribution in [0.4, 0.5) is 5.69 Å². The minimum Gasteiger partial charge on any atom is -0.325 e. The predicted octanol–water partition coefficient (Wildman–Crippen LogP) is 1.83. The van der Waals surface area contributed by atoms with Gasteiger partial charge in [0.15, 0.2) is 0 Å². The summed E-state index contributed by atoms with van der Waals surface area (Å²) < 4.78 is 25.8. The summed E-state index contributed by atoms with van der Waals surface area (Å²) in [6.07, 6.45) is 6.64. The molecule has 1 saturated carbocycles. The van der Waals surface area contributed by atoms with Gasteiger partial charge in [-0.15, -0.1) is 0 Å². The molecule has 1 atom stereocenters. The fourth-order valence-electron chi connectivity index (χ4n) is 2.98. The molecule has 2 rings (SSSR count). The van der Waals surface area contributed by atoms with Crippen molar-refractivity contribution in [3.05, 3.63) is 24.3 Å². The number of sulfonamides is 1. The summed E-state index contributed by atoms with van der Waals surface area (Å²) >= 11 is 0. The van der Waals surface area contributed by atoms with Crippen LogP contribution in [0, 0.1) is 5.92 Å². The maximum atomic E-state index is 12.2. The molecule has 1 amide bonds. The van der Waals surface area contributed by atoms with Gasteiger partial charge in [-0.3, -0.25) is 4.79 Å². The van der Waals surface area contributed by atoms with Gasteiger partial charge in [0.05, 0.1) is 10.9 Å². The first-order valence-electron chi connectivity index (χ1n) is 8.02. The van der Waals surface area contributed by atoms with E-state index in [9.17, 15) is 13.2 Å². The Hall–Kier alpha value is -1.44. The van der Waals surface area contributed by atoms with Gasteiger partial charge >= 0.3 is 0 Å². The third-order valence-electron chi connectivity index (χ3n) is 4.33. The summed E-state index contributed by atoms with van der Waals surface area (Å²) in [5.74, 6) is 0.245. The number of hydrogen-bond donors (Lipinski definition) is 3. The van der Waals surface area contributed by atoms with Gasteiger partial charge in [0.2, 0.25) is 15.9 Å². The fourth-order valence-corrected chi connectivity index (χ4v) is 3.76. The van der Waals surface area contributed by atoms with Gasteiger partial charge in [-0.25, -0.2) is 13.1 Å². The van der Waals surface area contributed by atoms with Gasteiger partial charge in [0.1, 0.15) is 0 Å². The minimum atomic E-state index is -3.53. The normalized spacial score (nSPS) is 17.7. The largest absolute Gasteiger partial charge is 0.325 e. The molecule has 1 aromatic rings. The summed E-state index contributed by atoms with van der Waals surface area (Å²) in [6, 6.07) is 5.58. The molecule has 1 aromatic carbocycles. The van der Waals surface area contributed by atoms with E-state index in [1.165, 1.54) is 38.4 Å². The molecule has 0 aromatic heterocycles. The molecule has 0 bridgehead atoms.